The third-order valence-electron chi connectivity index (χ3n) is 4.98. The maximum Gasteiger partial charge on any atom is 0.251 e. The van der Waals surface area contributed by atoms with E-state index in [0.717, 1.165) is 25.9 Å². The molecule has 2 N–H and O–H groups in total. The minimum atomic E-state index is -0.315. The van der Waals surface area contributed by atoms with Crippen molar-refractivity contribution in [2.75, 3.05) is 13.1 Å². The van der Waals surface area contributed by atoms with Crippen LogP contribution in [0.5, 0.6) is 0 Å². The normalized spacial score (nSPS) is 23.1. The van der Waals surface area contributed by atoms with Gasteiger partial charge in [0, 0.05) is 30.3 Å². The topological polar surface area (TPSA) is 64.2 Å². The number of pyridine rings is 2. The molecule has 4 rings (SSSR count). The molecule has 116 valence electrons. The Labute approximate surface area is 127 Å². The number of rotatable bonds is 1. The summed E-state index contributed by atoms with van der Waals surface area (Å²) in [4.78, 5) is 18.7. The third kappa shape index (κ3) is 2.14. The molecule has 6 heteroatoms. The van der Waals surface area contributed by atoms with Crippen molar-refractivity contribution in [3.8, 4) is 0 Å². The molecular formula is C16H19FN4O. The molecule has 4 heterocycles. The number of nitrogens with two attached hydrogens (primary N) is 1. The summed E-state index contributed by atoms with van der Waals surface area (Å²) in [7, 11) is 0. The molecule has 22 heavy (non-hydrogen) atoms. The van der Waals surface area contributed by atoms with Crippen LogP contribution >= 0.6 is 0 Å². The van der Waals surface area contributed by atoms with Crippen LogP contribution in [-0.2, 0) is 13.0 Å². The maximum atomic E-state index is 14.3. The van der Waals surface area contributed by atoms with Gasteiger partial charge in [-0.25, -0.2) is 4.39 Å². The molecular weight excluding hydrogens is 283 g/mol. The molecule has 0 amide bonds. The van der Waals surface area contributed by atoms with Crippen molar-refractivity contribution in [3.05, 3.63) is 40.1 Å². The number of likely N-dealkylation sites (tertiary alicyclic amines) is 1. The molecule has 1 fully saturated rings. The molecule has 2 aliphatic rings. The second kappa shape index (κ2) is 5.14. The lowest BCUT2D eigenvalue weighted by Crippen LogP contribution is -2.49. The number of hydrogen-bond acceptors (Lipinski definition) is 4. The van der Waals surface area contributed by atoms with Gasteiger partial charge in [0.05, 0.1) is 17.2 Å². The van der Waals surface area contributed by atoms with Gasteiger partial charge in [-0.15, -0.1) is 0 Å². The fourth-order valence-corrected chi connectivity index (χ4v) is 3.72. The van der Waals surface area contributed by atoms with Crippen LogP contribution in [0.4, 0.5) is 4.39 Å². The first-order valence-corrected chi connectivity index (χ1v) is 7.80. The summed E-state index contributed by atoms with van der Waals surface area (Å²) in [6.45, 7) is 2.43. The van der Waals surface area contributed by atoms with Crippen LogP contribution in [0.1, 0.15) is 18.4 Å². The van der Waals surface area contributed by atoms with Gasteiger partial charge in [-0.2, -0.15) is 0 Å². The Balaban J connectivity index is 1.76. The van der Waals surface area contributed by atoms with Crippen molar-refractivity contribution in [2.24, 2.45) is 5.73 Å². The van der Waals surface area contributed by atoms with Crippen LogP contribution in [0, 0.1) is 5.82 Å². The quantitative estimate of drug-likeness (QED) is 0.849. The molecule has 2 aliphatic heterocycles. The summed E-state index contributed by atoms with van der Waals surface area (Å²) < 4.78 is 15.9. The van der Waals surface area contributed by atoms with Crippen molar-refractivity contribution >= 4 is 11.0 Å². The highest BCUT2D eigenvalue weighted by atomic mass is 19.1. The molecule has 1 atom stereocenters. The van der Waals surface area contributed by atoms with E-state index >= 15 is 0 Å². The molecule has 0 aliphatic carbocycles. The number of halogens is 1. The molecule has 0 radical (unpaired) electrons. The summed E-state index contributed by atoms with van der Waals surface area (Å²) in [5, 5.41) is 0. The highest BCUT2D eigenvalue weighted by Crippen LogP contribution is 2.27. The van der Waals surface area contributed by atoms with E-state index in [1.165, 1.54) is 12.3 Å². The Morgan fingerprint density at radius 3 is 2.82 bits per heavy atom. The Hall–Kier alpha value is -1.79. The molecule has 2 aromatic rings. The summed E-state index contributed by atoms with van der Waals surface area (Å²) in [5.74, 6) is -0.315. The summed E-state index contributed by atoms with van der Waals surface area (Å²) >= 11 is 0. The first-order chi connectivity index (χ1) is 10.6. The van der Waals surface area contributed by atoms with E-state index in [1.54, 1.807) is 10.6 Å². The molecule has 1 unspecified atom stereocenters. The van der Waals surface area contributed by atoms with E-state index in [2.05, 4.69) is 9.88 Å². The molecule has 1 saturated heterocycles. The molecule has 2 aromatic heterocycles. The SMILES string of the molecule is NC1CCN(C2Cc3c(F)cnc4ccc(=O)n(c34)C2)CC1. The zero-order chi connectivity index (χ0) is 15.3. The van der Waals surface area contributed by atoms with Gasteiger partial charge in [0.25, 0.3) is 5.56 Å². The summed E-state index contributed by atoms with van der Waals surface area (Å²) in [6.07, 6.45) is 3.81. The van der Waals surface area contributed by atoms with E-state index in [-0.39, 0.29) is 23.5 Å². The predicted octanol–water partition coefficient (Wildman–Crippen LogP) is 0.883. The Bertz CT molecular complexity index is 780. The van der Waals surface area contributed by atoms with E-state index < -0.39 is 0 Å². The van der Waals surface area contributed by atoms with Crippen LogP contribution in [-0.4, -0.2) is 39.6 Å². The van der Waals surface area contributed by atoms with Gasteiger partial charge in [0.2, 0.25) is 0 Å². The average molecular weight is 302 g/mol. The molecule has 0 saturated carbocycles. The van der Waals surface area contributed by atoms with E-state index in [0.29, 0.717) is 29.6 Å². The van der Waals surface area contributed by atoms with E-state index in [1.807, 2.05) is 0 Å². The number of aromatic nitrogens is 2. The van der Waals surface area contributed by atoms with Gasteiger partial charge in [-0.3, -0.25) is 14.7 Å². The smallest absolute Gasteiger partial charge is 0.251 e. The molecule has 0 spiro atoms. The maximum absolute atomic E-state index is 14.3. The van der Waals surface area contributed by atoms with E-state index in [4.69, 9.17) is 5.73 Å². The number of nitrogens with zero attached hydrogens (tertiary/aromatic N) is 3. The standard InChI is InChI=1S/C16H19FN4O/c17-13-8-19-14-1-2-15(22)21-9-11(7-12(13)16(14)21)20-5-3-10(18)4-6-20/h1-2,8,10-11H,3-7,9,18H2. The van der Waals surface area contributed by atoms with Crippen LogP contribution < -0.4 is 11.3 Å². The van der Waals surface area contributed by atoms with Crippen molar-refractivity contribution in [1.29, 1.82) is 0 Å². The highest BCUT2D eigenvalue weighted by molar-refractivity contribution is 5.79. The lowest BCUT2D eigenvalue weighted by Gasteiger charge is -2.39. The lowest BCUT2D eigenvalue weighted by atomic mass is 9.96. The van der Waals surface area contributed by atoms with Crippen molar-refractivity contribution < 1.29 is 4.39 Å². The Kier molecular flexibility index (Phi) is 3.23. The zero-order valence-electron chi connectivity index (χ0n) is 12.3. The van der Waals surface area contributed by atoms with Gasteiger partial charge >= 0.3 is 0 Å². The monoisotopic (exact) mass is 302 g/mol. The van der Waals surface area contributed by atoms with E-state index in [9.17, 15) is 9.18 Å². The van der Waals surface area contributed by atoms with Gasteiger partial charge in [-0.1, -0.05) is 0 Å². The zero-order valence-corrected chi connectivity index (χ0v) is 12.3. The first-order valence-electron chi connectivity index (χ1n) is 7.80. The lowest BCUT2D eigenvalue weighted by molar-refractivity contribution is 0.134. The minimum Gasteiger partial charge on any atom is -0.328 e. The van der Waals surface area contributed by atoms with Crippen molar-refractivity contribution in [3.63, 3.8) is 0 Å². The van der Waals surface area contributed by atoms with Gasteiger partial charge in [0.1, 0.15) is 5.82 Å². The Morgan fingerprint density at radius 2 is 2.05 bits per heavy atom. The first kappa shape index (κ1) is 13.8. The van der Waals surface area contributed by atoms with Gasteiger partial charge in [-0.05, 0) is 38.4 Å². The number of piperidine rings is 1. The Morgan fingerprint density at radius 1 is 1.27 bits per heavy atom. The number of hydrogen-bond donors (Lipinski definition) is 1. The third-order valence-corrected chi connectivity index (χ3v) is 4.98. The molecule has 0 bridgehead atoms. The second-order valence-electron chi connectivity index (χ2n) is 6.33. The van der Waals surface area contributed by atoms with Crippen molar-refractivity contribution in [2.45, 2.75) is 37.9 Å². The minimum absolute atomic E-state index is 0.0837. The highest BCUT2D eigenvalue weighted by Gasteiger charge is 2.30. The fourth-order valence-electron chi connectivity index (χ4n) is 3.72. The van der Waals surface area contributed by atoms with Crippen LogP contribution in [0.15, 0.2) is 23.1 Å². The fraction of sp³-hybridized carbons (Fsp3) is 0.500. The summed E-state index contributed by atoms with van der Waals surface area (Å²) in [5.41, 5.74) is 7.85. The largest absolute Gasteiger partial charge is 0.328 e. The van der Waals surface area contributed by atoms with Crippen LogP contribution in [0.25, 0.3) is 11.0 Å². The van der Waals surface area contributed by atoms with Gasteiger partial charge in [0.15, 0.2) is 0 Å². The molecule has 5 nitrogen and oxygen atoms in total. The molecule has 0 aromatic carbocycles. The van der Waals surface area contributed by atoms with Crippen LogP contribution in [0.3, 0.4) is 0 Å². The average Bonchev–Trinajstić information content (AvgIpc) is 2.53. The summed E-state index contributed by atoms with van der Waals surface area (Å²) in [6, 6.07) is 3.61. The van der Waals surface area contributed by atoms with Gasteiger partial charge < -0.3 is 10.3 Å². The second-order valence-corrected chi connectivity index (χ2v) is 6.33. The van der Waals surface area contributed by atoms with Crippen LogP contribution in [0.2, 0.25) is 0 Å². The van der Waals surface area contributed by atoms with Crippen molar-refractivity contribution in [1.82, 2.24) is 14.5 Å². The predicted molar refractivity (Wildman–Crippen MR) is 82.2 cm³/mol.